The molecule has 0 saturated carbocycles. The molecule has 0 heterocycles. The topological polar surface area (TPSA) is 36.4 Å². The molecule has 1 aromatic carbocycles. The first-order valence-corrected chi connectivity index (χ1v) is 8.37. The van der Waals surface area contributed by atoms with Gasteiger partial charge in [0.15, 0.2) is 5.96 Å². The normalized spacial score (nSPS) is 11.2. The summed E-state index contributed by atoms with van der Waals surface area (Å²) in [6, 6.07) is 6.61. The summed E-state index contributed by atoms with van der Waals surface area (Å²) in [5.74, 6) is 2.59. The lowest BCUT2D eigenvalue weighted by molar-refractivity contribution is 0.626. The number of hydrogen-bond donors (Lipinski definition) is 2. The van der Waals surface area contributed by atoms with Crippen LogP contribution in [0.5, 0.6) is 0 Å². The van der Waals surface area contributed by atoms with Crippen LogP contribution in [0.15, 0.2) is 41.9 Å². The Morgan fingerprint density at radius 2 is 2.10 bits per heavy atom. The van der Waals surface area contributed by atoms with Crippen LogP contribution in [0, 0.1) is 5.82 Å². The van der Waals surface area contributed by atoms with Gasteiger partial charge in [0.1, 0.15) is 5.82 Å². The van der Waals surface area contributed by atoms with Gasteiger partial charge in [-0.2, -0.15) is 11.8 Å². The summed E-state index contributed by atoms with van der Waals surface area (Å²) in [4.78, 5) is 4.51. The Bertz CT molecular complexity index is 432. The number of aliphatic imine (C=N–C) groups is 1. The third kappa shape index (κ3) is 8.40. The molecule has 0 spiro atoms. The number of nitrogens with one attached hydrogen (secondary N) is 2. The van der Waals surface area contributed by atoms with Gasteiger partial charge in [0.2, 0.25) is 0 Å². The number of thioether (sulfide) groups is 1. The van der Waals surface area contributed by atoms with E-state index in [1.165, 1.54) is 12.1 Å². The minimum atomic E-state index is -0.196. The predicted molar refractivity (Wildman–Crippen MR) is 91.6 cm³/mol. The van der Waals surface area contributed by atoms with Crippen molar-refractivity contribution in [1.29, 1.82) is 0 Å². The van der Waals surface area contributed by atoms with E-state index < -0.39 is 0 Å². The van der Waals surface area contributed by atoms with E-state index in [2.05, 4.69) is 22.2 Å². The van der Waals surface area contributed by atoms with Crippen molar-refractivity contribution in [1.82, 2.24) is 10.6 Å². The number of rotatable bonds is 9. The summed E-state index contributed by atoms with van der Waals surface area (Å²) >= 11 is 1.82. The molecule has 0 atom stereocenters. The van der Waals surface area contributed by atoms with Crippen molar-refractivity contribution < 1.29 is 4.39 Å². The molecule has 2 N–H and O–H groups in total. The molecule has 116 valence electrons. The average Bonchev–Trinajstić information content (AvgIpc) is 2.49. The number of nitrogens with zero attached hydrogens (tertiary/aromatic N) is 1. The molecule has 0 bridgehead atoms. The first kappa shape index (κ1) is 17.6. The summed E-state index contributed by atoms with van der Waals surface area (Å²) in [5.41, 5.74) is 1.11. The van der Waals surface area contributed by atoms with E-state index >= 15 is 0 Å². The molecule has 0 aliphatic carbocycles. The molecule has 0 aliphatic rings. The molecule has 1 rings (SSSR count). The minimum Gasteiger partial charge on any atom is -0.357 e. The van der Waals surface area contributed by atoms with E-state index in [4.69, 9.17) is 0 Å². The summed E-state index contributed by atoms with van der Waals surface area (Å²) in [6.45, 7) is 8.13. The number of halogens is 1. The fraction of sp³-hybridized carbons (Fsp3) is 0.438. The zero-order valence-electron chi connectivity index (χ0n) is 12.6. The van der Waals surface area contributed by atoms with E-state index in [1.807, 2.05) is 36.9 Å². The van der Waals surface area contributed by atoms with Crippen molar-refractivity contribution in [3.63, 3.8) is 0 Å². The highest BCUT2D eigenvalue weighted by molar-refractivity contribution is 7.99. The first-order chi connectivity index (χ1) is 10.3. The molecule has 21 heavy (non-hydrogen) atoms. The van der Waals surface area contributed by atoms with Crippen LogP contribution in [0.1, 0.15) is 12.5 Å². The second-order valence-electron chi connectivity index (χ2n) is 4.43. The molecule has 0 unspecified atom stereocenters. The highest BCUT2D eigenvalue weighted by Gasteiger charge is 1.98. The van der Waals surface area contributed by atoms with Crippen molar-refractivity contribution in [2.45, 2.75) is 13.3 Å². The van der Waals surface area contributed by atoms with Crippen LogP contribution < -0.4 is 10.6 Å². The fourth-order valence-corrected chi connectivity index (χ4v) is 2.26. The Morgan fingerprint density at radius 1 is 1.33 bits per heavy atom. The van der Waals surface area contributed by atoms with Gasteiger partial charge in [-0.25, -0.2) is 4.39 Å². The second kappa shape index (κ2) is 11.2. The zero-order valence-corrected chi connectivity index (χ0v) is 13.4. The molecule has 0 saturated heterocycles. The van der Waals surface area contributed by atoms with Crippen LogP contribution in [-0.4, -0.2) is 37.1 Å². The van der Waals surface area contributed by atoms with Crippen molar-refractivity contribution in [3.8, 4) is 0 Å². The minimum absolute atomic E-state index is 0.196. The van der Waals surface area contributed by atoms with E-state index in [0.717, 1.165) is 49.1 Å². The van der Waals surface area contributed by atoms with Gasteiger partial charge in [-0.15, -0.1) is 6.58 Å². The lowest BCUT2D eigenvalue weighted by Crippen LogP contribution is -2.38. The van der Waals surface area contributed by atoms with Crippen LogP contribution >= 0.6 is 11.8 Å². The van der Waals surface area contributed by atoms with Crippen molar-refractivity contribution in [3.05, 3.63) is 48.3 Å². The Labute approximate surface area is 131 Å². The number of guanidine groups is 1. The fourth-order valence-electron chi connectivity index (χ4n) is 1.71. The van der Waals surface area contributed by atoms with Gasteiger partial charge in [0, 0.05) is 24.6 Å². The highest BCUT2D eigenvalue weighted by Crippen LogP contribution is 2.02. The summed E-state index contributed by atoms with van der Waals surface area (Å²) in [6.07, 6.45) is 2.75. The number of benzene rings is 1. The Morgan fingerprint density at radius 3 is 2.76 bits per heavy atom. The Kier molecular flexibility index (Phi) is 9.37. The van der Waals surface area contributed by atoms with Crippen molar-refractivity contribution >= 4 is 17.7 Å². The lowest BCUT2D eigenvalue weighted by Gasteiger charge is -2.11. The van der Waals surface area contributed by atoms with E-state index in [9.17, 15) is 4.39 Å². The van der Waals surface area contributed by atoms with Crippen LogP contribution in [-0.2, 0) is 6.42 Å². The molecule has 0 radical (unpaired) electrons. The maximum atomic E-state index is 12.8. The SMILES string of the molecule is C=CCSCCN=C(NCC)NCCc1ccc(F)cc1. The molecule has 3 nitrogen and oxygen atoms in total. The second-order valence-corrected chi connectivity index (χ2v) is 5.58. The third-order valence-electron chi connectivity index (χ3n) is 2.70. The average molecular weight is 309 g/mol. The molecular weight excluding hydrogens is 285 g/mol. The maximum Gasteiger partial charge on any atom is 0.191 e. The van der Waals surface area contributed by atoms with Crippen LogP contribution in [0.25, 0.3) is 0 Å². The summed E-state index contributed by atoms with van der Waals surface area (Å²) in [7, 11) is 0. The van der Waals surface area contributed by atoms with Gasteiger partial charge in [-0.05, 0) is 31.0 Å². The predicted octanol–water partition coefficient (Wildman–Crippen LogP) is 2.84. The Balaban J connectivity index is 2.30. The van der Waals surface area contributed by atoms with E-state index in [0.29, 0.717) is 0 Å². The maximum absolute atomic E-state index is 12.8. The van der Waals surface area contributed by atoms with Gasteiger partial charge in [-0.1, -0.05) is 18.2 Å². The molecule has 0 fully saturated rings. The third-order valence-corrected chi connectivity index (χ3v) is 3.65. The van der Waals surface area contributed by atoms with Gasteiger partial charge < -0.3 is 10.6 Å². The van der Waals surface area contributed by atoms with Gasteiger partial charge in [0.25, 0.3) is 0 Å². The zero-order chi connectivity index (χ0) is 15.3. The summed E-state index contributed by atoms with van der Waals surface area (Å²) in [5, 5.41) is 6.51. The van der Waals surface area contributed by atoms with Gasteiger partial charge >= 0.3 is 0 Å². The summed E-state index contributed by atoms with van der Waals surface area (Å²) < 4.78 is 12.8. The largest absolute Gasteiger partial charge is 0.357 e. The molecule has 5 heteroatoms. The van der Waals surface area contributed by atoms with Crippen LogP contribution in [0.4, 0.5) is 4.39 Å². The van der Waals surface area contributed by atoms with Crippen LogP contribution in [0.3, 0.4) is 0 Å². The van der Waals surface area contributed by atoms with Gasteiger partial charge in [-0.3, -0.25) is 4.99 Å². The standard InChI is InChI=1S/C16H24FN3S/c1-3-12-21-13-11-20-16(18-4-2)19-10-9-14-5-7-15(17)8-6-14/h3,5-8H,1,4,9-13H2,2H3,(H2,18,19,20). The molecule has 1 aromatic rings. The van der Waals surface area contributed by atoms with E-state index in [1.54, 1.807) is 0 Å². The Hall–Kier alpha value is -1.49. The quantitative estimate of drug-likeness (QED) is 0.319. The van der Waals surface area contributed by atoms with Crippen LogP contribution in [0.2, 0.25) is 0 Å². The molecule has 0 amide bonds. The first-order valence-electron chi connectivity index (χ1n) is 7.21. The van der Waals surface area contributed by atoms with Crippen molar-refractivity contribution in [2.75, 3.05) is 31.1 Å². The molecule has 0 aliphatic heterocycles. The lowest BCUT2D eigenvalue weighted by atomic mass is 10.1. The van der Waals surface area contributed by atoms with E-state index in [-0.39, 0.29) is 5.82 Å². The molecular formula is C16H24FN3S. The smallest absolute Gasteiger partial charge is 0.191 e. The number of hydrogen-bond acceptors (Lipinski definition) is 2. The highest BCUT2D eigenvalue weighted by atomic mass is 32.2. The van der Waals surface area contributed by atoms with Crippen molar-refractivity contribution in [2.24, 2.45) is 4.99 Å². The molecule has 0 aromatic heterocycles. The monoisotopic (exact) mass is 309 g/mol. The van der Waals surface area contributed by atoms with Gasteiger partial charge in [0.05, 0.1) is 6.54 Å².